The molecule has 0 aliphatic carbocycles. The molecule has 1 atom stereocenters. The maximum absolute atomic E-state index is 12.9. The van der Waals surface area contributed by atoms with Crippen molar-refractivity contribution in [1.29, 1.82) is 0 Å². The molecule has 0 bridgehead atoms. The summed E-state index contributed by atoms with van der Waals surface area (Å²) < 4.78 is 27.6. The summed E-state index contributed by atoms with van der Waals surface area (Å²) in [6.45, 7) is 6.76. The van der Waals surface area contributed by atoms with Crippen molar-refractivity contribution >= 4 is 10.0 Å². The van der Waals surface area contributed by atoms with Gasteiger partial charge in [0.25, 0.3) is 0 Å². The third-order valence-corrected chi connectivity index (χ3v) is 8.20. The third-order valence-electron chi connectivity index (χ3n) is 6.29. The lowest BCUT2D eigenvalue weighted by Gasteiger charge is -2.62. The van der Waals surface area contributed by atoms with Gasteiger partial charge in [0.1, 0.15) is 0 Å². The molecule has 0 aromatic heterocycles. The molecule has 5 heteroatoms. The Morgan fingerprint density at radius 2 is 1.48 bits per heavy atom. The van der Waals surface area contributed by atoms with Gasteiger partial charge < -0.3 is 0 Å². The van der Waals surface area contributed by atoms with Crippen molar-refractivity contribution in [3.63, 3.8) is 0 Å². The summed E-state index contributed by atoms with van der Waals surface area (Å²) in [5.41, 5.74) is 1.55. The normalized spacial score (nSPS) is 23.4. The summed E-state index contributed by atoms with van der Waals surface area (Å²) in [5, 5.41) is 0. The first-order valence-electron chi connectivity index (χ1n) is 9.80. The van der Waals surface area contributed by atoms with E-state index < -0.39 is 10.0 Å². The van der Waals surface area contributed by atoms with Crippen molar-refractivity contribution in [3.8, 4) is 0 Å². The predicted molar refractivity (Wildman–Crippen MR) is 108 cm³/mol. The van der Waals surface area contributed by atoms with E-state index in [2.05, 4.69) is 49.1 Å². The number of piperidine rings is 1. The third kappa shape index (κ3) is 3.22. The summed E-state index contributed by atoms with van der Waals surface area (Å²) >= 11 is 0. The first-order valence-corrected chi connectivity index (χ1v) is 11.2. The highest BCUT2D eigenvalue weighted by atomic mass is 32.2. The molecule has 2 heterocycles. The number of hydrogen-bond acceptors (Lipinski definition) is 3. The zero-order valence-corrected chi connectivity index (χ0v) is 16.9. The second-order valence-corrected chi connectivity index (χ2v) is 10.1. The quantitative estimate of drug-likeness (QED) is 0.802. The minimum atomic E-state index is -3.39. The van der Waals surface area contributed by atoms with E-state index in [0.717, 1.165) is 19.4 Å². The molecule has 2 aromatic rings. The second kappa shape index (κ2) is 7.04. The van der Waals surface area contributed by atoms with Gasteiger partial charge in [0.05, 0.1) is 4.90 Å². The SMILES string of the molecule is CC(C)N1CC2(CCN(S(=O)(=O)c3ccccc3)CC2)C1c1ccccc1. The first-order chi connectivity index (χ1) is 12.9. The van der Waals surface area contributed by atoms with Crippen LogP contribution in [-0.4, -0.2) is 43.3 Å². The fourth-order valence-electron chi connectivity index (χ4n) is 4.79. The van der Waals surface area contributed by atoms with E-state index in [4.69, 9.17) is 0 Å². The fraction of sp³-hybridized carbons (Fsp3) is 0.455. The minimum absolute atomic E-state index is 0.189. The van der Waals surface area contributed by atoms with E-state index in [1.165, 1.54) is 5.56 Å². The molecule has 1 unspecified atom stereocenters. The molecule has 0 N–H and O–H groups in total. The van der Waals surface area contributed by atoms with Gasteiger partial charge in [-0.3, -0.25) is 4.90 Å². The van der Waals surface area contributed by atoms with Gasteiger partial charge in [-0.2, -0.15) is 4.31 Å². The monoisotopic (exact) mass is 384 g/mol. The highest BCUT2D eigenvalue weighted by Gasteiger charge is 2.55. The Balaban J connectivity index is 1.54. The lowest BCUT2D eigenvalue weighted by molar-refractivity contribution is -0.121. The van der Waals surface area contributed by atoms with Crippen LogP contribution in [0.3, 0.4) is 0 Å². The maximum Gasteiger partial charge on any atom is 0.243 e. The summed E-state index contributed by atoms with van der Waals surface area (Å²) in [6.07, 6.45) is 1.84. The van der Waals surface area contributed by atoms with E-state index in [1.54, 1.807) is 28.6 Å². The molecule has 2 saturated heterocycles. The van der Waals surface area contributed by atoms with Crippen molar-refractivity contribution in [3.05, 3.63) is 66.2 Å². The van der Waals surface area contributed by atoms with Crippen molar-refractivity contribution in [1.82, 2.24) is 9.21 Å². The van der Waals surface area contributed by atoms with E-state index in [-0.39, 0.29) is 5.41 Å². The van der Waals surface area contributed by atoms with E-state index in [1.807, 2.05) is 6.07 Å². The Hall–Kier alpha value is -1.69. The molecule has 1 spiro atoms. The highest BCUT2D eigenvalue weighted by molar-refractivity contribution is 7.89. The van der Waals surface area contributed by atoms with Crippen LogP contribution in [-0.2, 0) is 10.0 Å². The van der Waals surface area contributed by atoms with Crippen molar-refractivity contribution in [2.75, 3.05) is 19.6 Å². The molecular formula is C22H28N2O2S. The largest absolute Gasteiger partial charge is 0.293 e. The molecule has 4 nitrogen and oxygen atoms in total. The number of sulfonamides is 1. The van der Waals surface area contributed by atoms with Crippen LogP contribution < -0.4 is 0 Å². The summed E-state index contributed by atoms with van der Waals surface area (Å²) in [4.78, 5) is 2.95. The highest BCUT2D eigenvalue weighted by Crippen LogP contribution is 2.55. The van der Waals surface area contributed by atoms with Gasteiger partial charge >= 0.3 is 0 Å². The smallest absolute Gasteiger partial charge is 0.243 e. The standard InChI is InChI=1S/C22H28N2O2S/c1-18(2)24-17-22(21(24)19-9-5-3-6-10-19)13-15-23(16-14-22)27(25,26)20-11-7-4-8-12-20/h3-12,18,21H,13-17H2,1-2H3. The topological polar surface area (TPSA) is 40.6 Å². The van der Waals surface area contributed by atoms with Gasteiger partial charge in [0, 0.05) is 37.1 Å². The Morgan fingerprint density at radius 3 is 2.04 bits per heavy atom. The molecular weight excluding hydrogens is 356 g/mol. The van der Waals surface area contributed by atoms with Crippen LogP contribution >= 0.6 is 0 Å². The number of benzene rings is 2. The van der Waals surface area contributed by atoms with Crippen LogP contribution in [0.25, 0.3) is 0 Å². The Labute approximate surface area is 162 Å². The first kappa shape index (κ1) is 18.7. The molecule has 0 saturated carbocycles. The molecule has 2 aliphatic rings. The average molecular weight is 385 g/mol. The second-order valence-electron chi connectivity index (χ2n) is 8.16. The predicted octanol–water partition coefficient (Wildman–Crippen LogP) is 3.92. The van der Waals surface area contributed by atoms with Crippen LogP contribution in [0.1, 0.15) is 38.3 Å². The summed E-state index contributed by atoms with van der Waals surface area (Å²) in [7, 11) is -3.39. The molecule has 2 fully saturated rings. The van der Waals surface area contributed by atoms with Crippen LogP contribution in [0.5, 0.6) is 0 Å². The van der Waals surface area contributed by atoms with Gasteiger partial charge in [-0.15, -0.1) is 0 Å². The van der Waals surface area contributed by atoms with Crippen molar-refractivity contribution in [2.45, 2.75) is 43.7 Å². The van der Waals surface area contributed by atoms with Gasteiger partial charge in [0.15, 0.2) is 0 Å². The minimum Gasteiger partial charge on any atom is -0.293 e. The van der Waals surface area contributed by atoms with Crippen molar-refractivity contribution in [2.24, 2.45) is 5.41 Å². The molecule has 2 aliphatic heterocycles. The lowest BCUT2D eigenvalue weighted by atomic mass is 9.63. The molecule has 2 aromatic carbocycles. The van der Waals surface area contributed by atoms with Gasteiger partial charge in [0.2, 0.25) is 10.0 Å². The Kier molecular flexibility index (Phi) is 4.87. The van der Waals surface area contributed by atoms with Crippen LogP contribution in [0, 0.1) is 5.41 Å². The fourth-order valence-corrected chi connectivity index (χ4v) is 6.25. The van der Waals surface area contributed by atoms with E-state index in [9.17, 15) is 8.42 Å². The average Bonchev–Trinajstić information content (AvgIpc) is 2.68. The molecule has 0 amide bonds. The van der Waals surface area contributed by atoms with E-state index >= 15 is 0 Å². The zero-order valence-electron chi connectivity index (χ0n) is 16.1. The van der Waals surface area contributed by atoms with Crippen LogP contribution in [0.4, 0.5) is 0 Å². The lowest BCUT2D eigenvalue weighted by Crippen LogP contribution is -2.64. The number of nitrogens with zero attached hydrogens (tertiary/aromatic N) is 2. The number of hydrogen-bond donors (Lipinski definition) is 0. The van der Waals surface area contributed by atoms with Crippen molar-refractivity contribution < 1.29 is 8.42 Å². The Morgan fingerprint density at radius 1 is 0.926 bits per heavy atom. The maximum atomic E-state index is 12.9. The van der Waals surface area contributed by atoms with Gasteiger partial charge in [-0.1, -0.05) is 48.5 Å². The van der Waals surface area contributed by atoms with Crippen LogP contribution in [0.15, 0.2) is 65.6 Å². The molecule has 144 valence electrons. The van der Waals surface area contributed by atoms with E-state index in [0.29, 0.717) is 30.1 Å². The Bertz CT molecular complexity index is 873. The number of likely N-dealkylation sites (tertiary alicyclic amines) is 1. The molecule has 27 heavy (non-hydrogen) atoms. The number of rotatable bonds is 4. The van der Waals surface area contributed by atoms with Gasteiger partial charge in [-0.05, 0) is 44.4 Å². The summed E-state index contributed by atoms with van der Waals surface area (Å²) in [5.74, 6) is 0. The molecule has 4 rings (SSSR count). The summed E-state index contributed by atoms with van der Waals surface area (Å²) in [6, 6.07) is 20.4. The van der Waals surface area contributed by atoms with Gasteiger partial charge in [-0.25, -0.2) is 8.42 Å². The van der Waals surface area contributed by atoms with Crippen LogP contribution in [0.2, 0.25) is 0 Å². The molecule has 0 radical (unpaired) electrons. The zero-order chi connectivity index (χ0) is 19.1.